The standard InChI is InChI=1S/C22H20N2O5/c25-17-12-21(29-18-4-2-1-3-16(17)18)22(26)24-9-7-23(8-10-24)13-15-5-6-19-20(11-15)28-14-27-19/h1-6,11-12H,7-10,13-14H2/p+1. The Balaban J connectivity index is 1.24. The van der Waals surface area contributed by atoms with Gasteiger partial charge in [-0.05, 0) is 30.3 Å². The lowest BCUT2D eigenvalue weighted by molar-refractivity contribution is -0.917. The maximum atomic E-state index is 12.8. The number of carbonyl (C=O) groups is 1. The van der Waals surface area contributed by atoms with Crippen molar-refractivity contribution in [1.29, 1.82) is 0 Å². The van der Waals surface area contributed by atoms with Gasteiger partial charge in [-0.25, -0.2) is 0 Å². The number of rotatable bonds is 3. The van der Waals surface area contributed by atoms with Crippen molar-refractivity contribution >= 4 is 16.9 Å². The predicted molar refractivity (Wildman–Crippen MR) is 105 cm³/mol. The number of quaternary nitrogens is 1. The van der Waals surface area contributed by atoms with Gasteiger partial charge in [-0.2, -0.15) is 0 Å². The fourth-order valence-electron chi connectivity index (χ4n) is 3.91. The summed E-state index contributed by atoms with van der Waals surface area (Å²) in [6.45, 7) is 4.04. The molecule has 2 aliphatic rings. The number of fused-ring (bicyclic) bond motifs is 2. The van der Waals surface area contributed by atoms with E-state index in [1.54, 1.807) is 29.2 Å². The van der Waals surface area contributed by atoms with Crippen LogP contribution in [0.25, 0.3) is 11.0 Å². The molecule has 3 aromatic rings. The molecule has 3 heterocycles. The molecule has 0 aliphatic carbocycles. The monoisotopic (exact) mass is 393 g/mol. The van der Waals surface area contributed by atoms with Crippen LogP contribution < -0.4 is 19.8 Å². The molecule has 0 saturated carbocycles. The molecule has 1 fully saturated rings. The molecule has 1 saturated heterocycles. The Morgan fingerprint density at radius 3 is 2.66 bits per heavy atom. The maximum Gasteiger partial charge on any atom is 0.290 e. The average molecular weight is 393 g/mol. The fraction of sp³-hybridized carbons (Fsp3) is 0.273. The predicted octanol–water partition coefficient (Wildman–Crippen LogP) is 1.06. The van der Waals surface area contributed by atoms with Crippen LogP contribution >= 0.6 is 0 Å². The topological polar surface area (TPSA) is 73.4 Å². The molecule has 1 N–H and O–H groups in total. The van der Waals surface area contributed by atoms with Crippen LogP contribution in [-0.4, -0.2) is 43.8 Å². The van der Waals surface area contributed by atoms with E-state index in [4.69, 9.17) is 13.9 Å². The molecule has 0 unspecified atom stereocenters. The first-order valence-corrected chi connectivity index (χ1v) is 9.72. The first-order chi connectivity index (χ1) is 14.2. The van der Waals surface area contributed by atoms with E-state index >= 15 is 0 Å². The minimum atomic E-state index is -0.227. The number of ether oxygens (including phenoxy) is 2. The molecule has 0 spiro atoms. The van der Waals surface area contributed by atoms with Crippen molar-refractivity contribution in [2.45, 2.75) is 6.54 Å². The molecule has 2 aliphatic heterocycles. The summed E-state index contributed by atoms with van der Waals surface area (Å²) in [5.41, 5.74) is 1.43. The van der Waals surface area contributed by atoms with Crippen LogP contribution in [0.1, 0.15) is 16.1 Å². The molecule has 148 valence electrons. The highest BCUT2D eigenvalue weighted by Gasteiger charge is 2.27. The second-order valence-electron chi connectivity index (χ2n) is 7.38. The van der Waals surface area contributed by atoms with Crippen LogP contribution in [0.15, 0.2) is 57.7 Å². The summed E-state index contributed by atoms with van der Waals surface area (Å²) < 4.78 is 16.5. The summed E-state index contributed by atoms with van der Waals surface area (Å²) in [6.07, 6.45) is 0. The number of carbonyl (C=O) groups excluding carboxylic acids is 1. The number of benzene rings is 2. The van der Waals surface area contributed by atoms with Crippen LogP contribution in [0.5, 0.6) is 11.5 Å². The fourth-order valence-corrected chi connectivity index (χ4v) is 3.91. The van der Waals surface area contributed by atoms with Crippen molar-refractivity contribution in [2.75, 3.05) is 33.0 Å². The van der Waals surface area contributed by atoms with Crippen molar-refractivity contribution in [3.8, 4) is 11.5 Å². The van der Waals surface area contributed by atoms with Gasteiger partial charge in [0.1, 0.15) is 12.1 Å². The van der Waals surface area contributed by atoms with Gasteiger partial charge in [0.2, 0.25) is 6.79 Å². The third kappa shape index (κ3) is 3.45. The van der Waals surface area contributed by atoms with Gasteiger partial charge < -0.3 is 23.7 Å². The first kappa shape index (κ1) is 17.8. The number of para-hydroxylation sites is 1. The highest BCUT2D eigenvalue weighted by Crippen LogP contribution is 2.32. The van der Waals surface area contributed by atoms with Gasteiger partial charge in [-0.15, -0.1) is 0 Å². The van der Waals surface area contributed by atoms with Crippen molar-refractivity contribution in [3.63, 3.8) is 0 Å². The molecule has 0 atom stereocenters. The minimum Gasteiger partial charge on any atom is -0.454 e. The van der Waals surface area contributed by atoms with Crippen molar-refractivity contribution in [1.82, 2.24) is 4.90 Å². The number of nitrogens with zero attached hydrogens (tertiary/aromatic N) is 1. The molecular formula is C22H21N2O5+. The summed E-state index contributed by atoms with van der Waals surface area (Å²) >= 11 is 0. The Morgan fingerprint density at radius 2 is 1.79 bits per heavy atom. The average Bonchev–Trinajstić information content (AvgIpc) is 3.22. The van der Waals surface area contributed by atoms with Crippen molar-refractivity contribution < 1.29 is 23.6 Å². The van der Waals surface area contributed by atoms with Crippen LogP contribution in [-0.2, 0) is 6.54 Å². The Kier molecular flexibility index (Phi) is 4.44. The lowest BCUT2D eigenvalue weighted by Gasteiger charge is -2.32. The summed E-state index contributed by atoms with van der Waals surface area (Å²) in [5, 5.41) is 0.488. The number of amides is 1. The Bertz CT molecular complexity index is 1130. The molecule has 0 bridgehead atoms. The molecular weight excluding hydrogens is 372 g/mol. The second kappa shape index (κ2) is 7.25. The zero-order chi connectivity index (χ0) is 19.8. The normalized spacial score (nSPS) is 16.3. The van der Waals surface area contributed by atoms with E-state index in [0.29, 0.717) is 24.1 Å². The molecule has 7 heteroatoms. The van der Waals surface area contributed by atoms with Gasteiger partial charge in [0.25, 0.3) is 5.91 Å². The van der Waals surface area contributed by atoms with E-state index < -0.39 is 0 Å². The van der Waals surface area contributed by atoms with Gasteiger partial charge in [0.05, 0.1) is 31.6 Å². The zero-order valence-corrected chi connectivity index (χ0v) is 15.8. The Morgan fingerprint density at radius 1 is 1.00 bits per heavy atom. The number of piperazine rings is 1. The first-order valence-electron chi connectivity index (χ1n) is 9.72. The third-order valence-electron chi connectivity index (χ3n) is 5.49. The van der Waals surface area contributed by atoms with Gasteiger partial charge in [-0.3, -0.25) is 9.59 Å². The molecule has 2 aromatic carbocycles. The summed E-state index contributed by atoms with van der Waals surface area (Å²) in [6, 6.07) is 14.3. The largest absolute Gasteiger partial charge is 0.454 e. The molecule has 5 rings (SSSR count). The number of hydrogen-bond donors (Lipinski definition) is 1. The summed E-state index contributed by atoms with van der Waals surface area (Å²) in [4.78, 5) is 28.3. The second-order valence-corrected chi connectivity index (χ2v) is 7.38. The van der Waals surface area contributed by atoms with E-state index in [2.05, 4.69) is 6.07 Å². The van der Waals surface area contributed by atoms with E-state index in [1.165, 1.54) is 16.5 Å². The van der Waals surface area contributed by atoms with E-state index in [0.717, 1.165) is 31.1 Å². The maximum absolute atomic E-state index is 12.8. The SMILES string of the molecule is O=C(c1cc(=O)c2ccccc2o1)N1CC[NH+](Cc2ccc3c(c2)OCO3)CC1. The smallest absolute Gasteiger partial charge is 0.290 e. The Labute approximate surface area is 167 Å². The van der Waals surface area contributed by atoms with Crippen molar-refractivity contribution in [3.05, 3.63) is 70.1 Å². The van der Waals surface area contributed by atoms with Crippen molar-refractivity contribution in [2.24, 2.45) is 0 Å². The van der Waals surface area contributed by atoms with Gasteiger partial charge in [0.15, 0.2) is 22.7 Å². The summed E-state index contributed by atoms with van der Waals surface area (Å²) in [5.74, 6) is 1.46. The molecule has 29 heavy (non-hydrogen) atoms. The highest BCUT2D eigenvalue weighted by molar-refractivity contribution is 5.93. The number of nitrogens with one attached hydrogen (secondary N) is 1. The molecule has 1 aromatic heterocycles. The van der Waals surface area contributed by atoms with Crippen LogP contribution in [0.3, 0.4) is 0 Å². The molecule has 7 nitrogen and oxygen atoms in total. The zero-order valence-electron chi connectivity index (χ0n) is 15.8. The Hall–Kier alpha value is -3.32. The highest BCUT2D eigenvalue weighted by atomic mass is 16.7. The van der Waals surface area contributed by atoms with Crippen LogP contribution in [0.2, 0.25) is 0 Å². The lowest BCUT2D eigenvalue weighted by atomic mass is 10.1. The van der Waals surface area contributed by atoms with Gasteiger partial charge >= 0.3 is 0 Å². The van der Waals surface area contributed by atoms with E-state index in [1.807, 2.05) is 12.1 Å². The van der Waals surface area contributed by atoms with Crippen LogP contribution in [0.4, 0.5) is 0 Å². The quantitative estimate of drug-likeness (QED) is 0.721. The van der Waals surface area contributed by atoms with Gasteiger partial charge in [-0.1, -0.05) is 12.1 Å². The number of hydrogen-bond acceptors (Lipinski definition) is 5. The molecule has 0 radical (unpaired) electrons. The van der Waals surface area contributed by atoms with Crippen LogP contribution in [0, 0.1) is 0 Å². The minimum absolute atomic E-state index is 0.105. The third-order valence-corrected chi connectivity index (χ3v) is 5.49. The molecule has 1 amide bonds. The summed E-state index contributed by atoms with van der Waals surface area (Å²) in [7, 11) is 0. The van der Waals surface area contributed by atoms with E-state index in [-0.39, 0.29) is 23.9 Å². The van der Waals surface area contributed by atoms with E-state index in [9.17, 15) is 9.59 Å². The lowest BCUT2D eigenvalue weighted by Crippen LogP contribution is -3.13. The van der Waals surface area contributed by atoms with Gasteiger partial charge in [0, 0.05) is 11.6 Å².